The van der Waals surface area contributed by atoms with E-state index in [1.54, 1.807) is 18.2 Å². The monoisotopic (exact) mass is 339 g/mol. The number of halogens is 3. The van der Waals surface area contributed by atoms with Crippen molar-refractivity contribution < 1.29 is 8.78 Å². The van der Waals surface area contributed by atoms with Crippen molar-refractivity contribution in [2.45, 2.75) is 25.9 Å². The Bertz CT molecular complexity index is 584. The third kappa shape index (κ3) is 3.64. The molecule has 4 heteroatoms. The summed E-state index contributed by atoms with van der Waals surface area (Å²) in [6.45, 7) is 4.03. The maximum Gasteiger partial charge on any atom is 0.124 e. The van der Waals surface area contributed by atoms with Gasteiger partial charge in [-0.05, 0) is 49.2 Å². The van der Waals surface area contributed by atoms with Gasteiger partial charge in [-0.25, -0.2) is 8.78 Å². The summed E-state index contributed by atoms with van der Waals surface area (Å²) in [7, 11) is 0. The van der Waals surface area contributed by atoms with Crippen LogP contribution in [-0.4, -0.2) is 0 Å². The molecule has 0 spiro atoms. The highest BCUT2D eigenvalue weighted by atomic mass is 79.9. The summed E-state index contributed by atoms with van der Waals surface area (Å²) in [6, 6.07) is 11.2. The molecule has 1 N–H and O–H groups in total. The second kappa shape index (κ2) is 6.46. The number of benzene rings is 2. The Balaban J connectivity index is 2.10. The van der Waals surface area contributed by atoms with E-state index in [0.717, 1.165) is 15.6 Å². The van der Waals surface area contributed by atoms with E-state index in [2.05, 4.69) is 21.2 Å². The molecule has 20 heavy (non-hydrogen) atoms. The van der Waals surface area contributed by atoms with Crippen LogP contribution in [0.2, 0.25) is 0 Å². The lowest BCUT2D eigenvalue weighted by atomic mass is 10.0. The predicted molar refractivity (Wildman–Crippen MR) is 80.5 cm³/mol. The molecule has 0 aliphatic rings. The lowest BCUT2D eigenvalue weighted by Crippen LogP contribution is -2.22. The lowest BCUT2D eigenvalue weighted by molar-refractivity contribution is 0.491. The molecular weight excluding hydrogens is 324 g/mol. The zero-order chi connectivity index (χ0) is 14.7. The van der Waals surface area contributed by atoms with Crippen LogP contribution in [0.1, 0.15) is 37.1 Å². The van der Waals surface area contributed by atoms with E-state index in [1.807, 2.05) is 13.8 Å². The van der Waals surface area contributed by atoms with Crippen LogP contribution >= 0.6 is 15.9 Å². The molecule has 0 aromatic heterocycles. The molecule has 0 heterocycles. The molecule has 0 bridgehead atoms. The van der Waals surface area contributed by atoms with Gasteiger partial charge in [0.05, 0.1) is 0 Å². The highest BCUT2D eigenvalue weighted by molar-refractivity contribution is 9.10. The molecule has 0 saturated heterocycles. The molecule has 0 amide bonds. The van der Waals surface area contributed by atoms with Gasteiger partial charge in [0.25, 0.3) is 0 Å². The van der Waals surface area contributed by atoms with Crippen molar-refractivity contribution in [3.8, 4) is 0 Å². The first-order chi connectivity index (χ1) is 9.47. The highest BCUT2D eigenvalue weighted by Crippen LogP contribution is 2.26. The average molecular weight is 340 g/mol. The van der Waals surface area contributed by atoms with Crippen LogP contribution in [0.4, 0.5) is 8.78 Å². The van der Waals surface area contributed by atoms with Crippen LogP contribution in [0, 0.1) is 11.6 Å². The molecule has 2 aromatic carbocycles. The summed E-state index contributed by atoms with van der Waals surface area (Å²) in [5, 5.41) is 3.42. The van der Waals surface area contributed by atoms with E-state index >= 15 is 0 Å². The third-order valence-electron chi connectivity index (χ3n) is 3.30. The second-order valence-corrected chi connectivity index (χ2v) is 5.68. The normalized spacial score (nSPS) is 14.1. The van der Waals surface area contributed by atoms with E-state index in [9.17, 15) is 8.78 Å². The second-order valence-electron chi connectivity index (χ2n) is 4.83. The molecule has 0 saturated carbocycles. The number of rotatable bonds is 4. The van der Waals surface area contributed by atoms with E-state index in [1.165, 1.54) is 24.3 Å². The number of hydrogen-bond acceptors (Lipinski definition) is 1. The van der Waals surface area contributed by atoms with Crippen molar-refractivity contribution in [3.63, 3.8) is 0 Å². The first kappa shape index (κ1) is 15.1. The minimum atomic E-state index is -0.264. The first-order valence-electron chi connectivity index (χ1n) is 6.44. The fraction of sp³-hybridized carbons (Fsp3) is 0.250. The Hall–Kier alpha value is -1.26. The topological polar surface area (TPSA) is 12.0 Å². The number of hydrogen-bond donors (Lipinski definition) is 1. The highest BCUT2D eigenvalue weighted by Gasteiger charge is 2.14. The molecule has 0 aliphatic heterocycles. The van der Waals surface area contributed by atoms with Crippen molar-refractivity contribution in [3.05, 3.63) is 69.7 Å². The zero-order valence-electron chi connectivity index (χ0n) is 11.3. The van der Waals surface area contributed by atoms with E-state index in [0.29, 0.717) is 0 Å². The molecule has 106 valence electrons. The van der Waals surface area contributed by atoms with Crippen molar-refractivity contribution in [1.29, 1.82) is 0 Å². The molecule has 1 nitrogen and oxygen atoms in total. The van der Waals surface area contributed by atoms with E-state index in [4.69, 9.17) is 0 Å². The van der Waals surface area contributed by atoms with Gasteiger partial charge < -0.3 is 5.32 Å². The molecular formula is C16H16BrF2N. The van der Waals surface area contributed by atoms with Crippen LogP contribution in [0.15, 0.2) is 46.9 Å². The zero-order valence-corrected chi connectivity index (χ0v) is 12.9. The van der Waals surface area contributed by atoms with Crippen molar-refractivity contribution in [2.75, 3.05) is 0 Å². The minimum absolute atomic E-state index is 0.0463. The standard InChI is InChI=1S/C16H16BrF2N/c1-10(12-3-5-13(18)6-4-12)20-11(2)15-8-7-14(19)9-16(15)17/h3-11,20H,1-2H3. The van der Waals surface area contributed by atoms with Crippen LogP contribution in [0.5, 0.6) is 0 Å². The molecule has 2 unspecified atom stereocenters. The minimum Gasteiger partial charge on any atom is -0.304 e. The van der Waals surface area contributed by atoms with Gasteiger partial charge in [-0.2, -0.15) is 0 Å². The number of nitrogens with one attached hydrogen (secondary N) is 1. The smallest absolute Gasteiger partial charge is 0.124 e. The molecule has 2 atom stereocenters. The Kier molecular flexibility index (Phi) is 4.89. The van der Waals surface area contributed by atoms with E-state index < -0.39 is 0 Å². The van der Waals surface area contributed by atoms with E-state index in [-0.39, 0.29) is 23.7 Å². The Morgan fingerprint density at radius 3 is 2.10 bits per heavy atom. The van der Waals surface area contributed by atoms with Gasteiger partial charge in [-0.1, -0.05) is 34.1 Å². The molecule has 2 aromatic rings. The van der Waals surface area contributed by atoms with Gasteiger partial charge >= 0.3 is 0 Å². The molecule has 0 radical (unpaired) electrons. The van der Waals surface area contributed by atoms with Gasteiger partial charge in [0.1, 0.15) is 11.6 Å². The molecule has 0 fully saturated rings. The van der Waals surface area contributed by atoms with Gasteiger partial charge in [-0.15, -0.1) is 0 Å². The summed E-state index contributed by atoms with van der Waals surface area (Å²) in [6.07, 6.45) is 0. The van der Waals surface area contributed by atoms with Crippen LogP contribution in [0.25, 0.3) is 0 Å². The molecule has 0 aliphatic carbocycles. The van der Waals surface area contributed by atoms with Crippen LogP contribution in [-0.2, 0) is 0 Å². The average Bonchev–Trinajstić information content (AvgIpc) is 2.39. The Morgan fingerprint density at radius 2 is 1.50 bits per heavy atom. The van der Waals surface area contributed by atoms with Crippen LogP contribution in [0.3, 0.4) is 0 Å². The maximum absolute atomic E-state index is 13.1. The van der Waals surface area contributed by atoms with Gasteiger partial charge in [0, 0.05) is 16.6 Å². The Morgan fingerprint density at radius 1 is 0.900 bits per heavy atom. The predicted octanol–water partition coefficient (Wildman–Crippen LogP) is 5.14. The van der Waals surface area contributed by atoms with Gasteiger partial charge in [-0.3, -0.25) is 0 Å². The summed E-state index contributed by atoms with van der Waals surface area (Å²) in [5.41, 5.74) is 2.00. The van der Waals surface area contributed by atoms with Gasteiger partial charge in [0.15, 0.2) is 0 Å². The maximum atomic E-state index is 13.1. The van der Waals surface area contributed by atoms with Crippen molar-refractivity contribution >= 4 is 15.9 Å². The fourth-order valence-corrected chi connectivity index (χ4v) is 2.86. The van der Waals surface area contributed by atoms with Crippen LogP contribution < -0.4 is 5.32 Å². The van der Waals surface area contributed by atoms with Crippen molar-refractivity contribution in [1.82, 2.24) is 5.32 Å². The summed E-state index contributed by atoms with van der Waals surface area (Å²) < 4.78 is 26.7. The largest absolute Gasteiger partial charge is 0.304 e. The summed E-state index contributed by atoms with van der Waals surface area (Å²) in [4.78, 5) is 0. The summed E-state index contributed by atoms with van der Waals surface area (Å²) in [5.74, 6) is -0.505. The fourth-order valence-electron chi connectivity index (χ4n) is 2.17. The van der Waals surface area contributed by atoms with Gasteiger partial charge in [0.2, 0.25) is 0 Å². The third-order valence-corrected chi connectivity index (χ3v) is 3.99. The van der Waals surface area contributed by atoms with Crippen molar-refractivity contribution in [2.24, 2.45) is 0 Å². The quantitative estimate of drug-likeness (QED) is 0.813. The first-order valence-corrected chi connectivity index (χ1v) is 7.23. The molecule has 2 rings (SSSR count). The summed E-state index contributed by atoms with van der Waals surface area (Å²) >= 11 is 3.37. The lowest BCUT2D eigenvalue weighted by Gasteiger charge is -2.21. The Labute approximate surface area is 126 Å². The SMILES string of the molecule is CC(NC(C)c1ccc(F)cc1Br)c1ccc(F)cc1.